The summed E-state index contributed by atoms with van der Waals surface area (Å²) in [6, 6.07) is 0. The van der Waals surface area contributed by atoms with Gasteiger partial charge < -0.3 is 9.13 Å². The van der Waals surface area contributed by atoms with Crippen LogP contribution in [0.4, 0.5) is 0 Å². The quantitative estimate of drug-likeness (QED) is 0.152. The van der Waals surface area contributed by atoms with Crippen molar-refractivity contribution in [3.8, 4) is 44.8 Å². The van der Waals surface area contributed by atoms with Crippen molar-refractivity contribution in [3.05, 3.63) is 0 Å². The maximum atomic E-state index is 2.75. The fourth-order valence-electron chi connectivity index (χ4n) is 16.4. The summed E-state index contributed by atoms with van der Waals surface area (Å²) in [7, 11) is 76.2. The van der Waals surface area contributed by atoms with Crippen LogP contribution < -0.4 is 175 Å². The van der Waals surface area contributed by atoms with Gasteiger partial charge in [0, 0.05) is 44.2 Å². The first-order valence-electron chi connectivity index (χ1n) is 30.6. The van der Waals surface area contributed by atoms with E-state index >= 15 is 0 Å². The summed E-state index contributed by atoms with van der Waals surface area (Å²) >= 11 is 0. The molecule has 2 aromatic heterocycles. The minimum absolute atomic E-state index is 1.34. The standard InChI is InChI=1S/C48H64B32N2/c49-11-1(17(55)35(73)43-7(11)9-23(61)29(67)33(71)41(79)45(9)81(43)47-37(75)19(57)5(20(58)38(47)76)3-13(51)25(63)31(69)26(64)14(3)52)2-12(50)8-10-24(62)30(68)34(72)42(80)46(10)82(44(8)36(74)18(2)56)48-39(77)21(59)6(22(60)40(48)78)4-15(53)27(65)32(70)28(66)16(4)54/h49-80H2. The van der Waals surface area contributed by atoms with Crippen LogP contribution in [0.25, 0.3) is 88.4 Å². The monoisotopic (exact) mass is 1020 g/mol. The third-order valence-electron chi connectivity index (χ3n) is 23.6. The Morgan fingerprint density at radius 1 is 0.122 bits per heavy atom. The van der Waals surface area contributed by atoms with Crippen LogP contribution in [0.15, 0.2) is 0 Å². The molecule has 0 atom stereocenters. The first-order chi connectivity index (χ1) is 38.1. The summed E-state index contributed by atoms with van der Waals surface area (Å²) in [5, 5.41) is 5.59. The van der Waals surface area contributed by atoms with Gasteiger partial charge in [0.15, 0.2) is 0 Å². The number of aromatic nitrogens is 2. The van der Waals surface area contributed by atoms with Crippen molar-refractivity contribution in [1.29, 1.82) is 0 Å². The Morgan fingerprint density at radius 2 is 0.256 bits per heavy atom. The fourth-order valence-corrected chi connectivity index (χ4v) is 16.4. The third kappa shape index (κ3) is 7.80. The van der Waals surface area contributed by atoms with Gasteiger partial charge in [0.05, 0.1) is 0 Å². The number of nitrogens with zero attached hydrogens (tertiary/aromatic N) is 2. The summed E-state index contributed by atoms with van der Waals surface area (Å²) in [6.07, 6.45) is 0. The predicted octanol–water partition coefficient (Wildman–Crippen LogP) is -42.8. The number of hydrogen-bond donors (Lipinski definition) is 0. The topological polar surface area (TPSA) is 9.86 Å². The molecule has 0 aliphatic rings. The van der Waals surface area contributed by atoms with Crippen molar-refractivity contribution in [2.24, 2.45) is 0 Å². The Kier molecular flexibility index (Phi) is 15.2. The van der Waals surface area contributed by atoms with E-state index in [1.807, 2.05) is 0 Å². The molecule has 0 saturated heterocycles. The Bertz CT molecular complexity index is 4300. The van der Waals surface area contributed by atoms with Crippen molar-refractivity contribution in [3.63, 3.8) is 0 Å². The van der Waals surface area contributed by atoms with Gasteiger partial charge in [-0.3, -0.25) is 0 Å². The number of rotatable bonds is 5. The zero-order valence-corrected chi connectivity index (χ0v) is 56.9. The number of benzene rings is 8. The molecule has 0 aliphatic heterocycles. The maximum absolute atomic E-state index is 2.75. The van der Waals surface area contributed by atoms with Gasteiger partial charge in [-0.1, -0.05) is 131 Å². The molecule has 10 aromatic rings. The molecule has 10 rings (SSSR count). The predicted molar refractivity (Wildman–Crippen MR) is 473 cm³/mol. The van der Waals surface area contributed by atoms with Crippen LogP contribution in [0.5, 0.6) is 0 Å². The van der Waals surface area contributed by atoms with Crippen LogP contribution in [-0.4, -0.2) is 260 Å². The molecule has 8 aromatic carbocycles. The minimum atomic E-state index is 1.34. The first kappa shape index (κ1) is 60.6. The Hall–Kier alpha value is -4.56. The highest BCUT2D eigenvalue weighted by molar-refractivity contribution is 6.77. The van der Waals surface area contributed by atoms with Gasteiger partial charge in [-0.15, -0.1) is 43.7 Å². The van der Waals surface area contributed by atoms with E-state index in [0.717, 1.165) is 0 Å². The van der Waals surface area contributed by atoms with E-state index in [4.69, 9.17) is 0 Å². The second-order valence-corrected chi connectivity index (χ2v) is 26.5. The summed E-state index contributed by atoms with van der Waals surface area (Å²) in [6.45, 7) is 0. The number of fused-ring (bicyclic) bond motifs is 6. The number of hydrogen-bond acceptors (Lipinski definition) is 0. The van der Waals surface area contributed by atoms with E-state index in [2.05, 4.69) is 260 Å². The minimum Gasteiger partial charge on any atom is -0.312 e. The molecular formula is C48H64B32N2. The fraction of sp³-hybridized carbons (Fsp3) is 0. The maximum Gasteiger partial charge on any atom is 0.141 e. The lowest BCUT2D eigenvalue weighted by Crippen LogP contribution is -2.57. The van der Waals surface area contributed by atoms with Crippen molar-refractivity contribution in [2.75, 3.05) is 0 Å². The van der Waals surface area contributed by atoms with E-state index in [-0.39, 0.29) is 0 Å². The van der Waals surface area contributed by atoms with Gasteiger partial charge in [-0.25, -0.2) is 0 Å². The zero-order chi connectivity index (χ0) is 60.9. The molecule has 0 saturated carbocycles. The Labute approximate surface area is 519 Å². The van der Waals surface area contributed by atoms with Crippen LogP contribution in [0, 0.1) is 0 Å². The van der Waals surface area contributed by atoms with E-state index in [9.17, 15) is 0 Å². The van der Waals surface area contributed by atoms with Crippen molar-refractivity contribution in [1.82, 2.24) is 9.13 Å². The average molecular weight is 1020 g/mol. The summed E-state index contributed by atoms with van der Waals surface area (Å²) in [4.78, 5) is 0. The van der Waals surface area contributed by atoms with Crippen molar-refractivity contribution in [2.45, 2.75) is 0 Å². The summed E-state index contributed by atoms with van der Waals surface area (Å²) < 4.78 is 5.50. The molecule has 0 amide bonds. The highest BCUT2D eigenvalue weighted by atomic mass is 15.0. The lowest BCUT2D eigenvalue weighted by molar-refractivity contribution is 1.22. The molecule has 2 nitrogen and oxygen atoms in total. The van der Waals surface area contributed by atoms with Crippen molar-refractivity contribution >= 4 is 470 Å². The van der Waals surface area contributed by atoms with Crippen LogP contribution in [0.3, 0.4) is 0 Å². The molecule has 0 bridgehead atoms. The Morgan fingerprint density at radius 3 is 0.488 bits per heavy atom. The smallest absolute Gasteiger partial charge is 0.141 e. The molecule has 0 radical (unpaired) electrons. The molecule has 2 heterocycles. The lowest BCUT2D eigenvalue weighted by atomic mass is 9.56. The van der Waals surface area contributed by atoms with Crippen LogP contribution >= 0.6 is 0 Å². The average Bonchev–Trinajstić information content (AvgIpc) is 1.84. The molecule has 362 valence electrons. The second kappa shape index (κ2) is 20.6. The van der Waals surface area contributed by atoms with Crippen LogP contribution in [0.1, 0.15) is 0 Å². The summed E-state index contributed by atoms with van der Waals surface area (Å²) in [5.41, 5.74) is 60.8. The molecule has 82 heavy (non-hydrogen) atoms. The van der Waals surface area contributed by atoms with Gasteiger partial charge in [-0.05, 0) is 44.2 Å². The van der Waals surface area contributed by atoms with E-state index in [1.165, 1.54) is 263 Å². The molecule has 0 aliphatic carbocycles. The highest BCUT2D eigenvalue weighted by Crippen LogP contribution is 2.31. The normalized spacial score (nSPS) is 11.8. The van der Waals surface area contributed by atoms with Gasteiger partial charge >= 0.3 is 0 Å². The van der Waals surface area contributed by atoms with Crippen LogP contribution in [-0.2, 0) is 0 Å². The molecule has 34 heteroatoms. The highest BCUT2D eigenvalue weighted by Gasteiger charge is 2.32. The second-order valence-electron chi connectivity index (χ2n) is 26.5. The molecule has 0 N–H and O–H groups in total. The van der Waals surface area contributed by atoms with E-state index in [1.54, 1.807) is 0 Å². The largest absolute Gasteiger partial charge is 0.312 e. The zero-order valence-electron chi connectivity index (χ0n) is 56.9. The van der Waals surface area contributed by atoms with E-state index < -0.39 is 0 Å². The van der Waals surface area contributed by atoms with Crippen molar-refractivity contribution < 1.29 is 0 Å². The molecular weight excluding hydrogens is 951 g/mol. The lowest BCUT2D eigenvalue weighted by Gasteiger charge is -2.29. The summed E-state index contributed by atoms with van der Waals surface area (Å²) in [5.74, 6) is 0. The SMILES string of the molecule is Bc1c(B)c(B)c(-c2c(B)c(B)c(-n3c4c(B)c(B)c(B)c(B)c4c4c(B)c(-c5c(B)c(B)c6c(c5B)c5c(B)c(B)c(B)c(B)c5n6-c5c(B)c(B)c(-c6c(B)c(B)c(B)c(B)c6B)c(B)c5B)c(B)c(B)c43)c(B)c2B)c(B)c1B. The van der Waals surface area contributed by atoms with Gasteiger partial charge in [0.1, 0.15) is 251 Å². The first-order valence-corrected chi connectivity index (χ1v) is 30.6. The van der Waals surface area contributed by atoms with Gasteiger partial charge in [-0.2, -0.15) is 0 Å². The molecule has 0 spiro atoms. The van der Waals surface area contributed by atoms with Gasteiger partial charge in [0.2, 0.25) is 0 Å². The van der Waals surface area contributed by atoms with Crippen LogP contribution in [0.2, 0.25) is 0 Å². The molecule has 0 unspecified atom stereocenters. The van der Waals surface area contributed by atoms with E-state index in [0.29, 0.717) is 0 Å². The Balaban J connectivity index is 1.36. The third-order valence-corrected chi connectivity index (χ3v) is 23.6. The molecule has 0 fully saturated rings. The van der Waals surface area contributed by atoms with Gasteiger partial charge in [0.25, 0.3) is 0 Å².